The van der Waals surface area contributed by atoms with Gasteiger partial charge in [0.15, 0.2) is 0 Å². The Morgan fingerprint density at radius 3 is 2.27 bits per heavy atom. The van der Waals surface area contributed by atoms with Gasteiger partial charge in [0.05, 0.1) is 0 Å². The molecular weight excluding hydrogens is 223 g/mol. The molecule has 1 aliphatic heterocycles. The summed E-state index contributed by atoms with van der Waals surface area (Å²) < 4.78 is 60.5. The summed E-state index contributed by atoms with van der Waals surface area (Å²) in [5.41, 5.74) is 0. The molecule has 0 aromatic carbocycles. The lowest BCUT2D eigenvalue weighted by atomic mass is 10.0. The zero-order valence-electron chi connectivity index (χ0n) is 7.44. The molecule has 0 saturated carbocycles. The number of halogens is 5. The van der Waals surface area contributed by atoms with Crippen LogP contribution in [0.5, 0.6) is 0 Å². The Balaban J connectivity index is 2.74. The van der Waals surface area contributed by atoms with Crippen molar-refractivity contribution in [2.45, 2.75) is 18.1 Å². The molecule has 15 heavy (non-hydrogen) atoms. The van der Waals surface area contributed by atoms with E-state index in [-0.39, 0.29) is 13.1 Å². The second-order valence-corrected chi connectivity index (χ2v) is 3.06. The quantitative estimate of drug-likeness (QED) is 0.696. The number of hydrogen-bond acceptors (Lipinski definition) is 2. The van der Waals surface area contributed by atoms with Gasteiger partial charge in [0.1, 0.15) is 6.04 Å². The number of Topliss-reactive ketones (excluding diaryl/α,β-unsaturated/α-hetero) is 1. The maximum atomic E-state index is 12.5. The van der Waals surface area contributed by atoms with Crippen LogP contribution in [0.4, 0.5) is 22.0 Å². The minimum atomic E-state index is -5.85. The molecular formula is C7H8F5N2O. The smallest absolute Gasteiger partial charge is 0.313 e. The average molecular weight is 231 g/mol. The molecule has 8 heteroatoms. The van der Waals surface area contributed by atoms with Crippen molar-refractivity contribution in [1.82, 2.24) is 10.6 Å². The first-order valence-corrected chi connectivity index (χ1v) is 4.13. The van der Waals surface area contributed by atoms with Gasteiger partial charge in [0, 0.05) is 19.6 Å². The lowest BCUT2D eigenvalue weighted by Crippen LogP contribution is -2.57. The van der Waals surface area contributed by atoms with E-state index in [0.29, 0.717) is 6.54 Å². The van der Waals surface area contributed by atoms with E-state index in [1.54, 1.807) is 0 Å². The third-order valence-corrected chi connectivity index (χ3v) is 1.94. The van der Waals surface area contributed by atoms with Gasteiger partial charge in [-0.3, -0.25) is 4.79 Å². The Morgan fingerprint density at radius 2 is 1.87 bits per heavy atom. The molecule has 0 spiro atoms. The predicted octanol–water partition coefficient (Wildman–Crippen LogP) is 0.329. The van der Waals surface area contributed by atoms with Gasteiger partial charge in [0.2, 0.25) is 5.78 Å². The Bertz CT molecular complexity index is 246. The second kappa shape index (κ2) is 4.01. The van der Waals surface area contributed by atoms with Crippen LogP contribution in [0.1, 0.15) is 0 Å². The number of piperazine rings is 1. The summed E-state index contributed by atoms with van der Waals surface area (Å²) in [6.07, 6.45) is -5.85. The molecule has 0 amide bonds. The second-order valence-electron chi connectivity index (χ2n) is 3.06. The van der Waals surface area contributed by atoms with Crippen LogP contribution >= 0.6 is 0 Å². The maximum Gasteiger partial charge on any atom is 0.461 e. The third-order valence-electron chi connectivity index (χ3n) is 1.94. The van der Waals surface area contributed by atoms with E-state index in [0.717, 1.165) is 0 Å². The zero-order valence-corrected chi connectivity index (χ0v) is 7.44. The van der Waals surface area contributed by atoms with Crippen molar-refractivity contribution >= 4 is 5.78 Å². The van der Waals surface area contributed by atoms with Gasteiger partial charge in [-0.1, -0.05) is 0 Å². The van der Waals surface area contributed by atoms with Crippen LogP contribution < -0.4 is 10.6 Å². The largest absolute Gasteiger partial charge is 0.461 e. The fourth-order valence-corrected chi connectivity index (χ4v) is 1.13. The van der Waals surface area contributed by atoms with Gasteiger partial charge in [-0.25, -0.2) is 5.32 Å². The minimum Gasteiger partial charge on any atom is -0.313 e. The highest BCUT2D eigenvalue weighted by Crippen LogP contribution is 2.36. The molecule has 1 heterocycles. The Kier molecular flexibility index (Phi) is 3.29. The maximum absolute atomic E-state index is 12.5. The van der Waals surface area contributed by atoms with E-state index in [9.17, 15) is 26.7 Å². The fourth-order valence-electron chi connectivity index (χ4n) is 1.13. The summed E-state index contributed by atoms with van der Waals surface area (Å²) in [5, 5.41) is 5.94. The SMILES string of the molecule is O=C(C1CNCC[N]1)C(F)(F)C(F)(F)F. The minimum absolute atomic E-state index is 0.0599. The van der Waals surface area contributed by atoms with E-state index < -0.39 is 23.9 Å². The molecule has 0 aromatic heterocycles. The highest BCUT2D eigenvalue weighted by Gasteiger charge is 2.64. The van der Waals surface area contributed by atoms with Crippen molar-refractivity contribution in [3.63, 3.8) is 0 Å². The normalized spacial score (nSPS) is 23.9. The number of rotatable bonds is 2. The molecule has 0 aliphatic carbocycles. The van der Waals surface area contributed by atoms with Crippen molar-refractivity contribution in [2.24, 2.45) is 0 Å². The summed E-state index contributed by atoms with van der Waals surface area (Å²) in [4.78, 5) is 10.9. The van der Waals surface area contributed by atoms with E-state index in [4.69, 9.17) is 0 Å². The lowest BCUT2D eigenvalue weighted by Gasteiger charge is -2.26. The van der Waals surface area contributed by atoms with Gasteiger partial charge in [-0.2, -0.15) is 22.0 Å². The molecule has 1 N–H and O–H groups in total. The summed E-state index contributed by atoms with van der Waals surface area (Å²) in [6.45, 7) is 0.163. The molecule has 1 fully saturated rings. The lowest BCUT2D eigenvalue weighted by molar-refractivity contribution is -0.269. The molecule has 0 bridgehead atoms. The van der Waals surface area contributed by atoms with Gasteiger partial charge < -0.3 is 5.32 Å². The number of hydrogen-bond donors (Lipinski definition) is 1. The first-order chi connectivity index (χ1) is 6.77. The van der Waals surface area contributed by atoms with Crippen molar-refractivity contribution < 1.29 is 26.7 Å². The van der Waals surface area contributed by atoms with E-state index in [2.05, 4.69) is 10.6 Å². The molecule has 1 rings (SSSR count). The topological polar surface area (TPSA) is 43.2 Å². The number of nitrogens with one attached hydrogen (secondary N) is 1. The number of nitrogens with zero attached hydrogens (tertiary/aromatic N) is 1. The first kappa shape index (κ1) is 12.3. The molecule has 87 valence electrons. The van der Waals surface area contributed by atoms with E-state index >= 15 is 0 Å². The van der Waals surface area contributed by atoms with Crippen LogP contribution in [-0.2, 0) is 4.79 Å². The standard InChI is InChI=1S/C7H8F5N2O/c8-6(9,7(10,11)12)5(15)4-3-13-1-2-14-4/h4,13H,1-3H2. The summed E-state index contributed by atoms with van der Waals surface area (Å²) in [6, 6.07) is -1.62. The monoisotopic (exact) mass is 231 g/mol. The van der Waals surface area contributed by atoms with E-state index in [1.807, 2.05) is 0 Å². The Hall–Kier alpha value is -0.760. The van der Waals surface area contributed by atoms with Crippen molar-refractivity contribution in [2.75, 3.05) is 19.6 Å². The summed E-state index contributed by atoms with van der Waals surface area (Å²) in [7, 11) is 0. The molecule has 1 atom stereocenters. The first-order valence-electron chi connectivity index (χ1n) is 4.13. The average Bonchev–Trinajstić information content (AvgIpc) is 2.16. The highest BCUT2D eigenvalue weighted by molar-refractivity contribution is 5.91. The van der Waals surface area contributed by atoms with Crippen molar-refractivity contribution in [3.05, 3.63) is 0 Å². The molecule has 3 nitrogen and oxygen atoms in total. The van der Waals surface area contributed by atoms with Crippen molar-refractivity contribution in [1.29, 1.82) is 0 Å². The molecule has 1 unspecified atom stereocenters. The van der Waals surface area contributed by atoms with Crippen LogP contribution in [-0.4, -0.2) is 43.6 Å². The van der Waals surface area contributed by atoms with Crippen LogP contribution in [0.15, 0.2) is 0 Å². The molecule has 1 aliphatic rings. The highest BCUT2D eigenvalue weighted by atomic mass is 19.4. The summed E-state index contributed by atoms with van der Waals surface area (Å²) >= 11 is 0. The van der Waals surface area contributed by atoms with Crippen LogP contribution in [0.3, 0.4) is 0 Å². The Labute approximate surface area is 82.0 Å². The van der Waals surface area contributed by atoms with Crippen LogP contribution in [0.2, 0.25) is 0 Å². The number of ketones is 1. The summed E-state index contributed by atoms with van der Waals surface area (Å²) in [5.74, 6) is -7.51. The molecule has 1 saturated heterocycles. The van der Waals surface area contributed by atoms with Crippen molar-refractivity contribution in [3.8, 4) is 0 Å². The van der Waals surface area contributed by atoms with E-state index in [1.165, 1.54) is 0 Å². The van der Waals surface area contributed by atoms with Crippen LogP contribution in [0, 0.1) is 0 Å². The number of alkyl halides is 5. The van der Waals surface area contributed by atoms with Gasteiger partial charge in [-0.05, 0) is 0 Å². The van der Waals surface area contributed by atoms with Gasteiger partial charge in [-0.15, -0.1) is 0 Å². The predicted molar refractivity (Wildman–Crippen MR) is 39.7 cm³/mol. The van der Waals surface area contributed by atoms with Gasteiger partial charge in [0.25, 0.3) is 0 Å². The zero-order chi connectivity index (χ0) is 11.7. The third kappa shape index (κ3) is 2.43. The van der Waals surface area contributed by atoms with Crippen LogP contribution in [0.25, 0.3) is 0 Å². The number of carbonyl (C=O) groups is 1. The van der Waals surface area contributed by atoms with Gasteiger partial charge >= 0.3 is 12.1 Å². The fraction of sp³-hybridized carbons (Fsp3) is 0.857. The molecule has 0 aromatic rings. The molecule has 1 radical (unpaired) electrons. The Morgan fingerprint density at radius 1 is 1.27 bits per heavy atom. The number of carbonyl (C=O) groups excluding carboxylic acids is 1.